The van der Waals surface area contributed by atoms with Crippen molar-refractivity contribution in [2.45, 2.75) is 59.2 Å². The number of hydrogen-bond donors (Lipinski definition) is 1. The molecule has 0 aromatic carbocycles. The van der Waals surface area contributed by atoms with Crippen LogP contribution in [0.5, 0.6) is 0 Å². The standard InChI is InChI=1S/C18H32N6O2/c1-13(2)6-8-23-9-7-19-18(26)15(23)10-17(25)22(5)11-16-21-20-12-24(16)14(3)4/h12-15H,6-11H2,1-5H3,(H,19,26). The minimum Gasteiger partial charge on any atom is -0.353 e. The summed E-state index contributed by atoms with van der Waals surface area (Å²) in [6.07, 6.45) is 2.89. The third-order valence-corrected chi connectivity index (χ3v) is 4.81. The van der Waals surface area contributed by atoms with Crippen molar-refractivity contribution in [2.75, 3.05) is 26.7 Å². The second-order valence-electron chi connectivity index (χ2n) is 7.73. The number of carbonyl (C=O) groups is 2. The summed E-state index contributed by atoms with van der Waals surface area (Å²) in [6, 6.07) is -0.153. The zero-order valence-corrected chi connectivity index (χ0v) is 16.6. The van der Waals surface area contributed by atoms with Crippen molar-refractivity contribution in [2.24, 2.45) is 5.92 Å². The van der Waals surface area contributed by atoms with Gasteiger partial charge in [-0.05, 0) is 32.7 Å². The van der Waals surface area contributed by atoms with Crippen LogP contribution in [-0.4, -0.2) is 69.1 Å². The van der Waals surface area contributed by atoms with Gasteiger partial charge in [0, 0.05) is 26.2 Å². The van der Waals surface area contributed by atoms with Gasteiger partial charge >= 0.3 is 0 Å². The lowest BCUT2D eigenvalue weighted by molar-refractivity contribution is -0.138. The molecule has 8 nitrogen and oxygen atoms in total. The van der Waals surface area contributed by atoms with E-state index in [0.29, 0.717) is 19.0 Å². The van der Waals surface area contributed by atoms with Crippen molar-refractivity contribution >= 4 is 11.8 Å². The lowest BCUT2D eigenvalue weighted by Gasteiger charge is -2.35. The van der Waals surface area contributed by atoms with Crippen LogP contribution < -0.4 is 5.32 Å². The average molecular weight is 364 g/mol. The Morgan fingerprint density at radius 3 is 2.77 bits per heavy atom. The maximum Gasteiger partial charge on any atom is 0.237 e. The lowest BCUT2D eigenvalue weighted by Crippen LogP contribution is -2.56. The first-order valence-electron chi connectivity index (χ1n) is 9.43. The molecule has 0 bridgehead atoms. The SMILES string of the molecule is CC(C)CCN1CCNC(=O)C1CC(=O)N(C)Cc1nncn1C(C)C. The minimum atomic E-state index is -0.389. The number of rotatable bonds is 8. The Labute approximate surface area is 155 Å². The van der Waals surface area contributed by atoms with Gasteiger partial charge in [-0.2, -0.15) is 0 Å². The predicted octanol–water partition coefficient (Wildman–Crippen LogP) is 1.05. The number of amides is 2. The van der Waals surface area contributed by atoms with Crippen LogP contribution in [-0.2, 0) is 16.1 Å². The van der Waals surface area contributed by atoms with Gasteiger partial charge in [0.2, 0.25) is 11.8 Å². The summed E-state index contributed by atoms with van der Waals surface area (Å²) in [5.74, 6) is 1.22. The Morgan fingerprint density at radius 1 is 1.38 bits per heavy atom. The molecule has 0 spiro atoms. The molecule has 1 atom stereocenters. The van der Waals surface area contributed by atoms with E-state index in [2.05, 4.69) is 34.3 Å². The van der Waals surface area contributed by atoms with Crippen molar-refractivity contribution in [1.29, 1.82) is 0 Å². The third-order valence-electron chi connectivity index (χ3n) is 4.81. The van der Waals surface area contributed by atoms with Crippen LogP contribution in [0.3, 0.4) is 0 Å². The van der Waals surface area contributed by atoms with Crippen molar-refractivity contribution in [3.05, 3.63) is 12.2 Å². The number of hydrogen-bond acceptors (Lipinski definition) is 5. The smallest absolute Gasteiger partial charge is 0.237 e. The highest BCUT2D eigenvalue weighted by atomic mass is 16.2. The minimum absolute atomic E-state index is 0.0490. The second-order valence-corrected chi connectivity index (χ2v) is 7.73. The summed E-state index contributed by atoms with van der Waals surface area (Å²) < 4.78 is 1.95. The van der Waals surface area contributed by atoms with E-state index in [1.807, 2.05) is 18.4 Å². The largest absolute Gasteiger partial charge is 0.353 e. The molecule has 1 unspecified atom stereocenters. The maximum atomic E-state index is 12.7. The monoisotopic (exact) mass is 364 g/mol. The first-order valence-corrected chi connectivity index (χ1v) is 9.43. The van der Waals surface area contributed by atoms with E-state index in [1.165, 1.54) is 0 Å². The summed E-state index contributed by atoms with van der Waals surface area (Å²) in [4.78, 5) is 28.8. The van der Waals surface area contributed by atoms with Gasteiger partial charge in [0.1, 0.15) is 6.33 Å². The molecule has 1 aromatic rings. The van der Waals surface area contributed by atoms with E-state index in [-0.39, 0.29) is 30.3 Å². The maximum absolute atomic E-state index is 12.7. The van der Waals surface area contributed by atoms with Gasteiger partial charge in [0.15, 0.2) is 5.82 Å². The summed E-state index contributed by atoms with van der Waals surface area (Å²) in [5, 5.41) is 10.9. The van der Waals surface area contributed by atoms with Crippen LogP contribution in [0.4, 0.5) is 0 Å². The van der Waals surface area contributed by atoms with E-state index < -0.39 is 0 Å². The van der Waals surface area contributed by atoms with Crippen LogP contribution in [0.2, 0.25) is 0 Å². The molecular formula is C18H32N6O2. The van der Waals surface area contributed by atoms with Gasteiger partial charge < -0.3 is 14.8 Å². The van der Waals surface area contributed by atoms with E-state index in [0.717, 1.165) is 25.3 Å². The van der Waals surface area contributed by atoms with Gasteiger partial charge in [-0.1, -0.05) is 13.8 Å². The molecule has 1 saturated heterocycles. The van der Waals surface area contributed by atoms with E-state index in [1.54, 1.807) is 18.3 Å². The number of nitrogens with one attached hydrogen (secondary N) is 1. The number of aromatic nitrogens is 3. The van der Waals surface area contributed by atoms with Gasteiger partial charge in [-0.3, -0.25) is 14.5 Å². The molecule has 1 fully saturated rings. The van der Waals surface area contributed by atoms with Crippen molar-refractivity contribution < 1.29 is 9.59 Å². The molecule has 1 N–H and O–H groups in total. The quantitative estimate of drug-likeness (QED) is 0.746. The van der Waals surface area contributed by atoms with Crippen molar-refractivity contribution in [3.63, 3.8) is 0 Å². The highest BCUT2D eigenvalue weighted by molar-refractivity contribution is 5.88. The molecule has 1 aromatic heterocycles. The van der Waals surface area contributed by atoms with Crippen LogP contribution in [0.15, 0.2) is 6.33 Å². The van der Waals surface area contributed by atoms with Crippen LogP contribution in [0, 0.1) is 5.92 Å². The zero-order chi connectivity index (χ0) is 19.3. The molecule has 2 rings (SSSR count). The van der Waals surface area contributed by atoms with Crippen molar-refractivity contribution in [1.82, 2.24) is 29.9 Å². The molecule has 2 heterocycles. The fourth-order valence-electron chi connectivity index (χ4n) is 3.11. The molecular weight excluding hydrogens is 332 g/mol. The normalized spacial score (nSPS) is 18.4. The van der Waals surface area contributed by atoms with E-state index in [9.17, 15) is 9.59 Å². The van der Waals surface area contributed by atoms with E-state index in [4.69, 9.17) is 0 Å². The van der Waals surface area contributed by atoms with Crippen LogP contribution >= 0.6 is 0 Å². The van der Waals surface area contributed by atoms with Gasteiger partial charge in [0.25, 0.3) is 0 Å². The van der Waals surface area contributed by atoms with Crippen molar-refractivity contribution in [3.8, 4) is 0 Å². The summed E-state index contributed by atoms with van der Waals surface area (Å²) >= 11 is 0. The fourth-order valence-corrected chi connectivity index (χ4v) is 3.11. The van der Waals surface area contributed by atoms with Crippen LogP contribution in [0.25, 0.3) is 0 Å². The molecule has 0 saturated carbocycles. The Bertz CT molecular complexity index is 613. The number of carbonyl (C=O) groups excluding carboxylic acids is 2. The zero-order valence-electron chi connectivity index (χ0n) is 16.6. The second kappa shape index (κ2) is 9.12. The number of nitrogens with zero attached hydrogens (tertiary/aromatic N) is 5. The first-order chi connectivity index (χ1) is 12.3. The average Bonchev–Trinajstić information content (AvgIpc) is 3.03. The Kier molecular flexibility index (Phi) is 7.14. The molecule has 2 amide bonds. The van der Waals surface area contributed by atoms with Gasteiger partial charge in [0.05, 0.1) is 19.0 Å². The highest BCUT2D eigenvalue weighted by Gasteiger charge is 2.32. The predicted molar refractivity (Wildman–Crippen MR) is 99.3 cm³/mol. The fraction of sp³-hybridized carbons (Fsp3) is 0.778. The van der Waals surface area contributed by atoms with Gasteiger partial charge in [-0.25, -0.2) is 0 Å². The number of piperazine rings is 1. The molecule has 8 heteroatoms. The summed E-state index contributed by atoms with van der Waals surface area (Å²) in [6.45, 7) is 11.1. The Morgan fingerprint density at radius 2 is 2.12 bits per heavy atom. The highest BCUT2D eigenvalue weighted by Crippen LogP contribution is 2.14. The molecule has 26 heavy (non-hydrogen) atoms. The molecule has 0 radical (unpaired) electrons. The Hall–Kier alpha value is -1.96. The topological polar surface area (TPSA) is 83.4 Å². The first kappa shape index (κ1) is 20.4. The molecule has 1 aliphatic rings. The lowest BCUT2D eigenvalue weighted by atomic mass is 10.0. The molecule has 146 valence electrons. The molecule has 0 aliphatic carbocycles. The van der Waals surface area contributed by atoms with Gasteiger partial charge in [-0.15, -0.1) is 10.2 Å². The Balaban J connectivity index is 1.98. The third kappa shape index (κ3) is 5.27. The summed E-state index contributed by atoms with van der Waals surface area (Å²) in [5.41, 5.74) is 0. The summed E-state index contributed by atoms with van der Waals surface area (Å²) in [7, 11) is 1.75. The van der Waals surface area contributed by atoms with E-state index >= 15 is 0 Å². The van der Waals surface area contributed by atoms with Crippen LogP contribution in [0.1, 0.15) is 52.4 Å². The molecule has 1 aliphatic heterocycles.